The smallest absolute Gasteiger partial charge is 0.0634 e. The van der Waals surface area contributed by atoms with Crippen molar-refractivity contribution in [2.45, 2.75) is 13.0 Å². The Labute approximate surface area is 143 Å². The topological polar surface area (TPSA) is 12.0 Å². The van der Waals surface area contributed by atoms with E-state index in [9.17, 15) is 0 Å². The third-order valence-corrected chi connectivity index (χ3v) is 4.79. The highest BCUT2D eigenvalue weighted by atomic mass is 79.9. The predicted molar refractivity (Wildman–Crippen MR) is 93.0 cm³/mol. The van der Waals surface area contributed by atoms with Crippen LogP contribution in [0, 0.1) is 0 Å². The fraction of sp³-hybridized carbons (Fsp3) is 0.143. The first-order valence-corrected chi connectivity index (χ1v) is 8.40. The molecule has 0 aliphatic rings. The Morgan fingerprint density at radius 1 is 1.05 bits per heavy atom. The van der Waals surface area contributed by atoms with Crippen LogP contribution >= 0.6 is 59.4 Å². The third-order valence-electron chi connectivity index (χ3n) is 2.74. The molecule has 2 aromatic carbocycles. The molecule has 0 radical (unpaired) electrons. The maximum absolute atomic E-state index is 6.22. The summed E-state index contributed by atoms with van der Waals surface area (Å²) in [4.78, 5) is 0. The third kappa shape index (κ3) is 3.75. The van der Waals surface area contributed by atoms with E-state index < -0.39 is 0 Å². The summed E-state index contributed by atoms with van der Waals surface area (Å²) in [6.07, 6.45) is 0. The van der Waals surface area contributed by atoms with Gasteiger partial charge >= 0.3 is 0 Å². The van der Waals surface area contributed by atoms with Gasteiger partial charge in [0.1, 0.15) is 0 Å². The van der Waals surface area contributed by atoms with Crippen molar-refractivity contribution in [1.82, 2.24) is 0 Å². The number of anilines is 1. The van der Waals surface area contributed by atoms with E-state index >= 15 is 0 Å². The highest BCUT2D eigenvalue weighted by molar-refractivity contribution is 9.11. The second-order valence-electron chi connectivity index (χ2n) is 4.13. The lowest BCUT2D eigenvalue weighted by molar-refractivity contribution is 0.882. The molecule has 0 bridgehead atoms. The Bertz CT molecular complexity index is 578. The van der Waals surface area contributed by atoms with Crippen LogP contribution < -0.4 is 5.32 Å². The minimum atomic E-state index is 0.113. The molecule has 0 saturated carbocycles. The first kappa shape index (κ1) is 15.4. The van der Waals surface area contributed by atoms with Gasteiger partial charge in [-0.1, -0.05) is 45.7 Å². The van der Waals surface area contributed by atoms with Gasteiger partial charge < -0.3 is 5.32 Å². The summed E-state index contributed by atoms with van der Waals surface area (Å²) >= 11 is 16.8. The van der Waals surface area contributed by atoms with Gasteiger partial charge in [0.2, 0.25) is 0 Å². The molecule has 0 heterocycles. The normalized spacial score (nSPS) is 12.3. The van der Waals surface area contributed by atoms with Gasteiger partial charge in [-0.3, -0.25) is 0 Å². The van der Waals surface area contributed by atoms with Gasteiger partial charge in [-0.25, -0.2) is 0 Å². The standard InChI is InChI=1S/C14H11Br3ClN/c1-8(10-4-2-3-5-13(10)18)19-14-11(16)6-9(15)7-12(14)17/h2-8,19H,1H3. The molecule has 0 spiro atoms. The van der Waals surface area contributed by atoms with Crippen LogP contribution in [-0.4, -0.2) is 0 Å². The molecular formula is C14H11Br3ClN. The van der Waals surface area contributed by atoms with Crippen molar-refractivity contribution < 1.29 is 0 Å². The van der Waals surface area contributed by atoms with Crippen LogP contribution in [0.15, 0.2) is 49.8 Å². The van der Waals surface area contributed by atoms with Crippen molar-refractivity contribution in [3.05, 3.63) is 60.4 Å². The molecule has 19 heavy (non-hydrogen) atoms. The van der Waals surface area contributed by atoms with E-state index in [2.05, 4.69) is 60.0 Å². The summed E-state index contributed by atoms with van der Waals surface area (Å²) in [7, 11) is 0. The van der Waals surface area contributed by atoms with Crippen LogP contribution in [0.5, 0.6) is 0 Å². The largest absolute Gasteiger partial charge is 0.377 e. The Hall–Kier alpha value is -0.0300. The van der Waals surface area contributed by atoms with Crippen molar-refractivity contribution in [3.63, 3.8) is 0 Å². The monoisotopic (exact) mass is 465 g/mol. The molecule has 1 unspecified atom stereocenters. The minimum Gasteiger partial charge on any atom is -0.377 e. The lowest BCUT2D eigenvalue weighted by atomic mass is 10.1. The Balaban J connectivity index is 2.29. The number of hydrogen-bond acceptors (Lipinski definition) is 1. The average molecular weight is 468 g/mol. The summed E-state index contributed by atoms with van der Waals surface area (Å²) in [5.74, 6) is 0. The van der Waals surface area contributed by atoms with Crippen LogP contribution in [-0.2, 0) is 0 Å². The van der Waals surface area contributed by atoms with Crippen molar-refractivity contribution in [1.29, 1.82) is 0 Å². The van der Waals surface area contributed by atoms with Gasteiger partial charge in [0.05, 0.1) is 11.7 Å². The van der Waals surface area contributed by atoms with Crippen molar-refractivity contribution in [2.24, 2.45) is 0 Å². The molecule has 0 aliphatic heterocycles. The Morgan fingerprint density at radius 3 is 2.21 bits per heavy atom. The van der Waals surface area contributed by atoms with Gasteiger partial charge in [-0.05, 0) is 62.5 Å². The molecule has 1 N–H and O–H groups in total. The quantitative estimate of drug-likeness (QED) is 0.523. The molecule has 1 nitrogen and oxygen atoms in total. The van der Waals surface area contributed by atoms with Crippen LogP contribution in [0.2, 0.25) is 5.02 Å². The maximum Gasteiger partial charge on any atom is 0.0634 e. The van der Waals surface area contributed by atoms with Crippen molar-refractivity contribution in [3.8, 4) is 0 Å². The molecule has 5 heteroatoms. The van der Waals surface area contributed by atoms with Crippen LogP contribution in [0.25, 0.3) is 0 Å². The predicted octanol–water partition coefficient (Wildman–Crippen LogP) is 6.80. The fourth-order valence-corrected chi connectivity index (χ4v) is 4.59. The van der Waals surface area contributed by atoms with Crippen LogP contribution in [0.4, 0.5) is 5.69 Å². The van der Waals surface area contributed by atoms with E-state index in [1.54, 1.807) is 0 Å². The summed E-state index contributed by atoms with van der Waals surface area (Å²) < 4.78 is 3.00. The summed E-state index contributed by atoms with van der Waals surface area (Å²) in [6, 6.07) is 12.0. The van der Waals surface area contributed by atoms with E-state index in [0.29, 0.717) is 0 Å². The molecule has 0 amide bonds. The summed E-state index contributed by atoms with van der Waals surface area (Å²) in [5.41, 5.74) is 2.08. The highest BCUT2D eigenvalue weighted by Crippen LogP contribution is 2.37. The van der Waals surface area contributed by atoms with E-state index in [1.807, 2.05) is 36.4 Å². The highest BCUT2D eigenvalue weighted by Gasteiger charge is 2.13. The zero-order valence-electron chi connectivity index (χ0n) is 10.1. The summed E-state index contributed by atoms with van der Waals surface area (Å²) in [5, 5.41) is 4.23. The zero-order chi connectivity index (χ0) is 14.0. The lowest BCUT2D eigenvalue weighted by Crippen LogP contribution is -2.08. The van der Waals surface area contributed by atoms with E-state index in [1.165, 1.54) is 0 Å². The number of benzene rings is 2. The van der Waals surface area contributed by atoms with Gasteiger partial charge in [-0.2, -0.15) is 0 Å². The molecule has 0 saturated heterocycles. The van der Waals surface area contributed by atoms with Gasteiger partial charge in [0, 0.05) is 18.4 Å². The second-order valence-corrected chi connectivity index (χ2v) is 7.16. The first-order chi connectivity index (χ1) is 8.99. The fourth-order valence-electron chi connectivity index (χ4n) is 1.80. The van der Waals surface area contributed by atoms with Gasteiger partial charge in [-0.15, -0.1) is 0 Å². The number of hydrogen-bond donors (Lipinski definition) is 1. The molecule has 2 rings (SSSR count). The molecule has 0 aliphatic carbocycles. The molecule has 0 aromatic heterocycles. The van der Waals surface area contributed by atoms with E-state index in [4.69, 9.17) is 11.6 Å². The average Bonchev–Trinajstić information content (AvgIpc) is 2.34. The lowest BCUT2D eigenvalue weighted by Gasteiger charge is -2.19. The van der Waals surface area contributed by atoms with E-state index in [0.717, 1.165) is 29.7 Å². The second kappa shape index (κ2) is 6.61. The van der Waals surface area contributed by atoms with Crippen molar-refractivity contribution in [2.75, 3.05) is 5.32 Å². The Kier molecular flexibility index (Phi) is 5.35. The summed E-state index contributed by atoms with van der Waals surface area (Å²) in [6.45, 7) is 2.09. The van der Waals surface area contributed by atoms with Crippen molar-refractivity contribution >= 4 is 65.1 Å². The molecule has 100 valence electrons. The molecular weight excluding hydrogens is 457 g/mol. The van der Waals surface area contributed by atoms with Gasteiger partial charge in [0.25, 0.3) is 0 Å². The van der Waals surface area contributed by atoms with Gasteiger partial charge in [0.15, 0.2) is 0 Å². The van der Waals surface area contributed by atoms with E-state index in [-0.39, 0.29) is 6.04 Å². The SMILES string of the molecule is CC(Nc1c(Br)cc(Br)cc1Br)c1ccccc1Cl. The van der Waals surface area contributed by atoms with Crippen LogP contribution in [0.3, 0.4) is 0 Å². The Morgan fingerprint density at radius 2 is 1.63 bits per heavy atom. The first-order valence-electron chi connectivity index (χ1n) is 5.64. The number of halogens is 4. The maximum atomic E-state index is 6.22. The molecule has 1 atom stereocenters. The van der Waals surface area contributed by atoms with Crippen LogP contribution in [0.1, 0.15) is 18.5 Å². The zero-order valence-corrected chi connectivity index (χ0v) is 15.6. The minimum absolute atomic E-state index is 0.113. The molecule has 0 fully saturated rings. The molecule has 2 aromatic rings. The number of rotatable bonds is 3. The number of nitrogens with one attached hydrogen (secondary N) is 1.